The van der Waals surface area contributed by atoms with Crippen LogP contribution in [0.2, 0.25) is 0 Å². The standard InChI is InChI=1S/C15H22N2O4/c1-9(2)20-13-7-11(15(19)21-10(3)4)5-6-12(13)17-14(18)8-16/h5-7,9-10H,8,16H2,1-4H3,(H,17,18). The molecule has 6 heteroatoms. The van der Waals surface area contributed by atoms with E-state index in [-0.39, 0.29) is 24.7 Å². The van der Waals surface area contributed by atoms with Crippen molar-refractivity contribution < 1.29 is 19.1 Å². The van der Waals surface area contributed by atoms with E-state index in [1.807, 2.05) is 13.8 Å². The predicted molar refractivity (Wildman–Crippen MR) is 80.4 cm³/mol. The molecule has 3 N–H and O–H groups in total. The number of hydrogen-bond donors (Lipinski definition) is 2. The number of amides is 1. The molecule has 0 aliphatic rings. The molecule has 0 bridgehead atoms. The highest BCUT2D eigenvalue weighted by Gasteiger charge is 2.15. The second-order valence-electron chi connectivity index (χ2n) is 5.08. The Hall–Kier alpha value is -2.08. The number of ether oxygens (including phenoxy) is 2. The van der Waals surface area contributed by atoms with E-state index in [0.717, 1.165) is 0 Å². The number of benzene rings is 1. The van der Waals surface area contributed by atoms with Gasteiger partial charge in [0.25, 0.3) is 0 Å². The Kier molecular flexibility index (Phi) is 6.17. The van der Waals surface area contributed by atoms with E-state index >= 15 is 0 Å². The lowest BCUT2D eigenvalue weighted by Gasteiger charge is -2.16. The minimum atomic E-state index is -0.435. The van der Waals surface area contributed by atoms with Gasteiger partial charge >= 0.3 is 5.97 Å². The van der Waals surface area contributed by atoms with Gasteiger partial charge in [0.15, 0.2) is 0 Å². The third kappa shape index (κ3) is 5.43. The van der Waals surface area contributed by atoms with Gasteiger partial charge in [-0.2, -0.15) is 0 Å². The van der Waals surface area contributed by atoms with E-state index < -0.39 is 5.97 Å². The van der Waals surface area contributed by atoms with Gasteiger partial charge in [-0.15, -0.1) is 0 Å². The van der Waals surface area contributed by atoms with Gasteiger partial charge in [0.2, 0.25) is 5.91 Å². The van der Waals surface area contributed by atoms with Gasteiger partial charge in [-0.25, -0.2) is 4.79 Å². The lowest BCUT2D eigenvalue weighted by Crippen LogP contribution is -2.22. The van der Waals surface area contributed by atoms with Gasteiger partial charge in [0.1, 0.15) is 5.75 Å². The second kappa shape index (κ2) is 7.64. The van der Waals surface area contributed by atoms with Crippen LogP contribution in [0.15, 0.2) is 18.2 Å². The molecule has 116 valence electrons. The first-order valence-corrected chi connectivity index (χ1v) is 6.85. The number of hydrogen-bond acceptors (Lipinski definition) is 5. The molecule has 1 aromatic rings. The summed E-state index contributed by atoms with van der Waals surface area (Å²) in [6, 6.07) is 4.73. The molecular weight excluding hydrogens is 272 g/mol. The van der Waals surface area contributed by atoms with Crippen molar-refractivity contribution in [2.24, 2.45) is 5.73 Å². The highest BCUT2D eigenvalue weighted by molar-refractivity contribution is 5.95. The van der Waals surface area contributed by atoms with E-state index in [0.29, 0.717) is 17.0 Å². The summed E-state index contributed by atoms with van der Waals surface area (Å²) in [4.78, 5) is 23.3. The molecule has 1 aromatic carbocycles. The molecule has 0 fully saturated rings. The fourth-order valence-electron chi connectivity index (χ4n) is 1.59. The van der Waals surface area contributed by atoms with Crippen LogP contribution >= 0.6 is 0 Å². The topological polar surface area (TPSA) is 90.7 Å². The molecule has 1 rings (SSSR count). The summed E-state index contributed by atoms with van der Waals surface area (Å²) in [7, 11) is 0. The lowest BCUT2D eigenvalue weighted by molar-refractivity contribution is -0.114. The molecule has 0 aromatic heterocycles. The summed E-state index contributed by atoms with van der Waals surface area (Å²) < 4.78 is 10.8. The van der Waals surface area contributed by atoms with Crippen LogP contribution in [0.5, 0.6) is 5.75 Å². The number of nitrogens with two attached hydrogens (primary N) is 1. The Morgan fingerprint density at radius 3 is 2.38 bits per heavy atom. The molecule has 0 atom stereocenters. The summed E-state index contributed by atoms with van der Waals surface area (Å²) in [5.41, 5.74) is 6.12. The summed E-state index contributed by atoms with van der Waals surface area (Å²) in [6.45, 7) is 7.14. The average Bonchev–Trinajstić information content (AvgIpc) is 2.39. The van der Waals surface area contributed by atoms with Crippen molar-refractivity contribution in [1.29, 1.82) is 0 Å². The van der Waals surface area contributed by atoms with Crippen molar-refractivity contribution in [1.82, 2.24) is 0 Å². The number of rotatable bonds is 6. The number of nitrogens with one attached hydrogen (secondary N) is 1. The average molecular weight is 294 g/mol. The quantitative estimate of drug-likeness (QED) is 0.782. The van der Waals surface area contributed by atoms with Gasteiger partial charge < -0.3 is 20.5 Å². The maximum atomic E-state index is 11.9. The molecule has 0 saturated heterocycles. The van der Waals surface area contributed by atoms with Crippen molar-refractivity contribution in [2.75, 3.05) is 11.9 Å². The normalized spacial score (nSPS) is 10.6. The van der Waals surface area contributed by atoms with Crippen molar-refractivity contribution in [3.63, 3.8) is 0 Å². The van der Waals surface area contributed by atoms with Crippen LogP contribution in [-0.2, 0) is 9.53 Å². The van der Waals surface area contributed by atoms with Gasteiger partial charge in [-0.05, 0) is 45.9 Å². The maximum Gasteiger partial charge on any atom is 0.338 e. The predicted octanol–water partition coefficient (Wildman–Crippen LogP) is 1.94. The monoisotopic (exact) mass is 294 g/mol. The molecule has 0 aliphatic heterocycles. The fraction of sp³-hybridized carbons (Fsp3) is 0.467. The van der Waals surface area contributed by atoms with Crippen LogP contribution in [0.3, 0.4) is 0 Å². The molecule has 1 amide bonds. The lowest BCUT2D eigenvalue weighted by atomic mass is 10.2. The number of esters is 1. The van der Waals surface area contributed by atoms with Crippen molar-refractivity contribution in [3.8, 4) is 5.75 Å². The van der Waals surface area contributed by atoms with Crippen LogP contribution in [-0.4, -0.2) is 30.6 Å². The zero-order chi connectivity index (χ0) is 16.0. The highest BCUT2D eigenvalue weighted by Crippen LogP contribution is 2.27. The highest BCUT2D eigenvalue weighted by atomic mass is 16.5. The zero-order valence-electron chi connectivity index (χ0n) is 12.8. The Balaban J connectivity index is 3.05. The van der Waals surface area contributed by atoms with E-state index in [1.165, 1.54) is 0 Å². The van der Waals surface area contributed by atoms with Gasteiger partial charge in [-0.1, -0.05) is 0 Å². The van der Waals surface area contributed by atoms with Crippen LogP contribution in [0, 0.1) is 0 Å². The molecule has 6 nitrogen and oxygen atoms in total. The van der Waals surface area contributed by atoms with E-state index in [9.17, 15) is 9.59 Å². The van der Waals surface area contributed by atoms with E-state index in [4.69, 9.17) is 15.2 Å². The molecule has 0 radical (unpaired) electrons. The molecular formula is C15H22N2O4. The first-order chi connectivity index (χ1) is 9.83. The van der Waals surface area contributed by atoms with Gasteiger partial charge in [0, 0.05) is 0 Å². The molecule has 21 heavy (non-hydrogen) atoms. The van der Waals surface area contributed by atoms with Crippen molar-refractivity contribution >= 4 is 17.6 Å². The summed E-state index contributed by atoms with van der Waals surface area (Å²) in [6.07, 6.45) is -0.307. The minimum absolute atomic E-state index is 0.102. The van der Waals surface area contributed by atoms with Crippen molar-refractivity contribution in [2.45, 2.75) is 39.9 Å². The maximum absolute atomic E-state index is 11.9. The molecule has 0 unspecified atom stereocenters. The Bertz CT molecular complexity index is 512. The van der Waals surface area contributed by atoms with Crippen LogP contribution < -0.4 is 15.8 Å². The summed E-state index contributed by atoms with van der Waals surface area (Å²) in [5.74, 6) is -0.360. The summed E-state index contributed by atoms with van der Waals surface area (Å²) >= 11 is 0. The molecule has 0 spiro atoms. The van der Waals surface area contributed by atoms with E-state index in [2.05, 4.69) is 5.32 Å². The van der Waals surface area contributed by atoms with Crippen LogP contribution in [0.25, 0.3) is 0 Å². The first-order valence-electron chi connectivity index (χ1n) is 6.85. The summed E-state index contributed by atoms with van der Waals surface area (Å²) in [5, 5.41) is 2.63. The SMILES string of the molecule is CC(C)OC(=O)c1ccc(NC(=O)CN)c(OC(C)C)c1. The van der Waals surface area contributed by atoms with Gasteiger partial charge in [0.05, 0.1) is 30.0 Å². The molecule has 0 aliphatic carbocycles. The largest absolute Gasteiger partial charge is 0.489 e. The van der Waals surface area contributed by atoms with Crippen LogP contribution in [0.1, 0.15) is 38.1 Å². The Morgan fingerprint density at radius 1 is 1.19 bits per heavy atom. The molecule has 0 heterocycles. The van der Waals surface area contributed by atoms with E-state index in [1.54, 1.807) is 32.0 Å². The number of carbonyl (C=O) groups excluding carboxylic acids is 2. The third-order valence-corrected chi connectivity index (χ3v) is 2.38. The Labute approximate surface area is 124 Å². The van der Waals surface area contributed by atoms with Crippen LogP contribution in [0.4, 0.5) is 5.69 Å². The minimum Gasteiger partial charge on any atom is -0.489 e. The number of anilines is 1. The van der Waals surface area contributed by atoms with Gasteiger partial charge in [-0.3, -0.25) is 4.79 Å². The number of carbonyl (C=O) groups is 2. The fourth-order valence-corrected chi connectivity index (χ4v) is 1.59. The zero-order valence-corrected chi connectivity index (χ0v) is 12.8. The first kappa shape index (κ1) is 17.0. The Morgan fingerprint density at radius 2 is 1.86 bits per heavy atom. The second-order valence-corrected chi connectivity index (χ2v) is 5.08. The van der Waals surface area contributed by atoms with Crippen molar-refractivity contribution in [3.05, 3.63) is 23.8 Å². The smallest absolute Gasteiger partial charge is 0.338 e. The molecule has 0 saturated carbocycles. The third-order valence-electron chi connectivity index (χ3n) is 2.38.